The summed E-state index contributed by atoms with van der Waals surface area (Å²) in [5.74, 6) is 0.746. The van der Waals surface area contributed by atoms with Gasteiger partial charge in [0.1, 0.15) is 12.4 Å². The number of benzene rings is 2. The Morgan fingerprint density at radius 3 is 2.58 bits per heavy atom. The Labute approximate surface area is 193 Å². The Kier molecular flexibility index (Phi) is 7.22. The standard InChI is InChI=1S/C25H27N5O3/c1-32-24-4-2-3-22(13-24)18-33-25(31)29-11-9-28(10-12-29)17-23-15-27-19-30(23)16-21-7-5-20(14-26)6-8-21/h2-8,13,15,19H,9-12,16-18H2,1H3. The summed E-state index contributed by atoms with van der Waals surface area (Å²) in [6.07, 6.45) is 3.43. The maximum atomic E-state index is 12.5. The van der Waals surface area contributed by atoms with Crippen LogP contribution in [0.5, 0.6) is 5.75 Å². The van der Waals surface area contributed by atoms with Gasteiger partial charge < -0.3 is 18.9 Å². The number of hydrogen-bond donors (Lipinski definition) is 0. The first kappa shape index (κ1) is 22.4. The van der Waals surface area contributed by atoms with E-state index >= 15 is 0 Å². The molecule has 0 atom stereocenters. The fourth-order valence-electron chi connectivity index (χ4n) is 3.82. The van der Waals surface area contributed by atoms with Crippen molar-refractivity contribution in [3.05, 3.63) is 83.4 Å². The number of carbonyl (C=O) groups excluding carboxylic acids is 1. The number of aromatic nitrogens is 2. The third-order valence-electron chi connectivity index (χ3n) is 5.75. The second-order valence-corrected chi connectivity index (χ2v) is 7.99. The normalized spacial score (nSPS) is 14.0. The molecule has 0 aliphatic carbocycles. The van der Waals surface area contributed by atoms with E-state index in [9.17, 15) is 4.79 Å². The van der Waals surface area contributed by atoms with Crippen LogP contribution in [0.1, 0.15) is 22.4 Å². The first-order valence-corrected chi connectivity index (χ1v) is 10.9. The molecule has 4 rings (SSSR count). The van der Waals surface area contributed by atoms with E-state index in [1.54, 1.807) is 12.0 Å². The van der Waals surface area contributed by atoms with Gasteiger partial charge in [0, 0.05) is 45.5 Å². The van der Waals surface area contributed by atoms with Crippen LogP contribution in [0.25, 0.3) is 0 Å². The van der Waals surface area contributed by atoms with Crippen molar-refractivity contribution >= 4 is 6.09 Å². The van der Waals surface area contributed by atoms with Crippen molar-refractivity contribution in [2.45, 2.75) is 19.7 Å². The molecule has 2 aromatic carbocycles. The van der Waals surface area contributed by atoms with Crippen molar-refractivity contribution in [3.8, 4) is 11.8 Å². The van der Waals surface area contributed by atoms with E-state index in [2.05, 4.69) is 20.5 Å². The Balaban J connectivity index is 1.25. The molecule has 0 bridgehead atoms. The molecule has 0 unspecified atom stereocenters. The second-order valence-electron chi connectivity index (χ2n) is 7.99. The number of nitriles is 1. The van der Waals surface area contributed by atoms with Crippen molar-refractivity contribution < 1.29 is 14.3 Å². The Bertz CT molecular complexity index is 1110. The van der Waals surface area contributed by atoms with Crippen molar-refractivity contribution in [2.24, 2.45) is 0 Å². The first-order chi connectivity index (χ1) is 16.1. The summed E-state index contributed by atoms with van der Waals surface area (Å²) in [6.45, 7) is 4.50. The second kappa shape index (κ2) is 10.7. The fourth-order valence-corrected chi connectivity index (χ4v) is 3.82. The molecular formula is C25H27N5O3. The number of amides is 1. The highest BCUT2D eigenvalue weighted by Gasteiger charge is 2.23. The third kappa shape index (κ3) is 5.90. The highest BCUT2D eigenvalue weighted by Crippen LogP contribution is 2.15. The van der Waals surface area contributed by atoms with Gasteiger partial charge in [-0.25, -0.2) is 9.78 Å². The van der Waals surface area contributed by atoms with Gasteiger partial charge in [-0.15, -0.1) is 0 Å². The van der Waals surface area contributed by atoms with E-state index in [4.69, 9.17) is 14.7 Å². The monoisotopic (exact) mass is 445 g/mol. The van der Waals surface area contributed by atoms with E-state index < -0.39 is 0 Å². The average Bonchev–Trinajstić information content (AvgIpc) is 3.29. The maximum absolute atomic E-state index is 12.5. The zero-order chi connectivity index (χ0) is 23.0. The topological polar surface area (TPSA) is 83.6 Å². The highest BCUT2D eigenvalue weighted by atomic mass is 16.6. The van der Waals surface area contributed by atoms with E-state index in [0.29, 0.717) is 25.2 Å². The Hall–Kier alpha value is -3.83. The minimum atomic E-state index is -0.289. The quantitative estimate of drug-likeness (QED) is 0.555. The maximum Gasteiger partial charge on any atom is 0.410 e. The smallest absolute Gasteiger partial charge is 0.410 e. The molecule has 33 heavy (non-hydrogen) atoms. The van der Waals surface area contributed by atoms with Gasteiger partial charge in [-0.2, -0.15) is 5.26 Å². The number of imidazole rings is 1. The summed E-state index contributed by atoms with van der Waals surface area (Å²) in [7, 11) is 1.62. The number of piperazine rings is 1. The third-order valence-corrected chi connectivity index (χ3v) is 5.75. The van der Waals surface area contributed by atoms with E-state index in [0.717, 1.165) is 42.2 Å². The van der Waals surface area contributed by atoms with Gasteiger partial charge in [0.25, 0.3) is 0 Å². The number of ether oxygens (including phenoxy) is 2. The SMILES string of the molecule is COc1cccc(COC(=O)N2CCN(Cc3cncn3Cc3ccc(C#N)cc3)CC2)c1. The molecule has 3 aromatic rings. The molecule has 0 radical (unpaired) electrons. The molecule has 1 aromatic heterocycles. The average molecular weight is 446 g/mol. The van der Waals surface area contributed by atoms with Gasteiger partial charge in [0.05, 0.1) is 30.8 Å². The molecule has 1 aliphatic heterocycles. The van der Waals surface area contributed by atoms with Crippen molar-refractivity contribution in [2.75, 3.05) is 33.3 Å². The molecule has 0 saturated carbocycles. The molecule has 1 saturated heterocycles. The largest absolute Gasteiger partial charge is 0.497 e. The van der Waals surface area contributed by atoms with Crippen LogP contribution < -0.4 is 4.74 Å². The van der Waals surface area contributed by atoms with Gasteiger partial charge in [0.2, 0.25) is 0 Å². The number of hydrogen-bond acceptors (Lipinski definition) is 6. The van der Waals surface area contributed by atoms with Crippen LogP contribution in [-0.2, 0) is 24.4 Å². The summed E-state index contributed by atoms with van der Waals surface area (Å²) >= 11 is 0. The molecule has 1 amide bonds. The Morgan fingerprint density at radius 2 is 1.85 bits per heavy atom. The summed E-state index contributed by atoms with van der Waals surface area (Å²) < 4.78 is 12.8. The molecule has 8 nitrogen and oxygen atoms in total. The van der Waals surface area contributed by atoms with E-state index in [1.807, 2.05) is 61.1 Å². The van der Waals surface area contributed by atoms with Gasteiger partial charge in [-0.3, -0.25) is 4.90 Å². The lowest BCUT2D eigenvalue weighted by molar-refractivity contribution is 0.0695. The van der Waals surface area contributed by atoms with Crippen molar-refractivity contribution in [3.63, 3.8) is 0 Å². The summed E-state index contributed by atoms with van der Waals surface area (Å²) in [5.41, 5.74) is 3.80. The van der Waals surface area contributed by atoms with E-state index in [-0.39, 0.29) is 12.7 Å². The predicted octanol–water partition coefficient (Wildman–Crippen LogP) is 3.27. The molecule has 2 heterocycles. The van der Waals surface area contributed by atoms with Crippen LogP contribution in [0.15, 0.2) is 61.1 Å². The number of carbonyl (C=O) groups is 1. The number of methoxy groups -OCH3 is 1. The number of rotatable bonds is 7. The van der Waals surface area contributed by atoms with Gasteiger partial charge in [-0.1, -0.05) is 24.3 Å². The molecule has 1 fully saturated rings. The molecule has 8 heteroatoms. The summed E-state index contributed by atoms with van der Waals surface area (Å²) in [4.78, 5) is 20.9. The summed E-state index contributed by atoms with van der Waals surface area (Å²) in [6, 6.07) is 17.3. The fraction of sp³-hybridized carbons (Fsp3) is 0.320. The first-order valence-electron chi connectivity index (χ1n) is 10.9. The van der Waals surface area contributed by atoms with Crippen molar-refractivity contribution in [1.82, 2.24) is 19.4 Å². The lowest BCUT2D eigenvalue weighted by atomic mass is 10.1. The molecule has 1 aliphatic rings. The molecular weight excluding hydrogens is 418 g/mol. The summed E-state index contributed by atoms with van der Waals surface area (Å²) in [5, 5.41) is 8.96. The van der Waals surface area contributed by atoms with Crippen LogP contribution in [0, 0.1) is 11.3 Å². The van der Waals surface area contributed by atoms with Crippen LogP contribution in [-0.4, -0.2) is 58.7 Å². The van der Waals surface area contributed by atoms with Crippen LogP contribution in [0.3, 0.4) is 0 Å². The molecule has 0 N–H and O–H groups in total. The molecule has 0 spiro atoms. The molecule has 170 valence electrons. The van der Waals surface area contributed by atoms with Crippen LogP contribution >= 0.6 is 0 Å². The number of nitrogens with zero attached hydrogens (tertiary/aromatic N) is 5. The minimum absolute atomic E-state index is 0.227. The van der Waals surface area contributed by atoms with Gasteiger partial charge in [0.15, 0.2) is 0 Å². The van der Waals surface area contributed by atoms with Crippen LogP contribution in [0.2, 0.25) is 0 Å². The van der Waals surface area contributed by atoms with Gasteiger partial charge in [-0.05, 0) is 35.4 Å². The van der Waals surface area contributed by atoms with Crippen molar-refractivity contribution in [1.29, 1.82) is 5.26 Å². The lowest BCUT2D eigenvalue weighted by Crippen LogP contribution is -2.48. The predicted molar refractivity (Wildman–Crippen MR) is 123 cm³/mol. The Morgan fingerprint density at radius 1 is 1.06 bits per heavy atom. The van der Waals surface area contributed by atoms with Crippen LogP contribution in [0.4, 0.5) is 4.79 Å². The highest BCUT2D eigenvalue weighted by molar-refractivity contribution is 5.67. The zero-order valence-corrected chi connectivity index (χ0v) is 18.7. The lowest BCUT2D eigenvalue weighted by Gasteiger charge is -2.34. The van der Waals surface area contributed by atoms with E-state index in [1.165, 1.54) is 0 Å². The zero-order valence-electron chi connectivity index (χ0n) is 18.7. The van der Waals surface area contributed by atoms with Gasteiger partial charge >= 0.3 is 6.09 Å². The minimum Gasteiger partial charge on any atom is -0.497 e.